The van der Waals surface area contributed by atoms with Gasteiger partial charge >= 0.3 is 0 Å². The van der Waals surface area contributed by atoms with E-state index in [1.807, 2.05) is 19.1 Å². The van der Waals surface area contributed by atoms with Crippen LogP contribution in [0.15, 0.2) is 28.8 Å². The zero-order chi connectivity index (χ0) is 10.6. The van der Waals surface area contributed by atoms with Gasteiger partial charge in [-0.25, -0.2) is 4.39 Å². The van der Waals surface area contributed by atoms with Crippen LogP contribution in [0.5, 0.6) is 5.75 Å². The molecule has 0 saturated carbocycles. The Morgan fingerprint density at radius 1 is 1.57 bits per heavy atom. The van der Waals surface area contributed by atoms with E-state index in [-0.39, 0.29) is 5.82 Å². The molecule has 0 amide bonds. The molecule has 76 valence electrons. The first-order valence-electron chi connectivity index (χ1n) is 4.13. The molecule has 0 heterocycles. The van der Waals surface area contributed by atoms with Gasteiger partial charge in [-0.2, -0.15) is 0 Å². The van der Waals surface area contributed by atoms with Crippen molar-refractivity contribution in [1.29, 1.82) is 0 Å². The molecule has 0 aliphatic rings. The Hall–Kier alpha value is -1.03. The van der Waals surface area contributed by atoms with Gasteiger partial charge in [-0.3, -0.25) is 0 Å². The van der Waals surface area contributed by atoms with Crippen LogP contribution in [0.25, 0.3) is 0 Å². The lowest BCUT2D eigenvalue weighted by Gasteiger charge is -2.08. The third-order valence-corrected chi connectivity index (χ3v) is 2.19. The maximum Gasteiger partial charge on any atom is 0.157 e. The van der Waals surface area contributed by atoms with Gasteiger partial charge in [0.1, 0.15) is 12.4 Å². The van der Waals surface area contributed by atoms with Crippen LogP contribution in [0, 0.1) is 5.82 Å². The Labute approximate surface area is 90.7 Å². The van der Waals surface area contributed by atoms with Crippen LogP contribution >= 0.6 is 15.9 Å². The monoisotopic (exact) mass is 259 g/mol. The van der Waals surface area contributed by atoms with E-state index in [0.717, 1.165) is 0 Å². The number of hydrogen-bond acceptors (Lipinski definition) is 2. The number of rotatable bonds is 3. The fraction of sp³-hybridized carbons (Fsp3) is 0.200. The molecule has 0 fully saturated rings. The van der Waals surface area contributed by atoms with Crippen molar-refractivity contribution in [2.24, 2.45) is 0 Å². The predicted molar refractivity (Wildman–Crippen MR) is 58.8 cm³/mol. The lowest BCUT2D eigenvalue weighted by Crippen LogP contribution is -1.99. The van der Waals surface area contributed by atoms with Gasteiger partial charge < -0.3 is 10.5 Å². The average molecular weight is 260 g/mol. The van der Waals surface area contributed by atoms with Gasteiger partial charge in [-0.1, -0.05) is 12.2 Å². The third kappa shape index (κ3) is 2.73. The Kier molecular flexibility index (Phi) is 3.95. The van der Waals surface area contributed by atoms with Gasteiger partial charge in [0.15, 0.2) is 5.75 Å². The van der Waals surface area contributed by atoms with E-state index in [2.05, 4.69) is 15.9 Å². The summed E-state index contributed by atoms with van der Waals surface area (Å²) in [7, 11) is 0. The summed E-state index contributed by atoms with van der Waals surface area (Å²) in [5, 5.41) is 0. The van der Waals surface area contributed by atoms with E-state index in [9.17, 15) is 4.39 Å². The van der Waals surface area contributed by atoms with Crippen LogP contribution in [0.1, 0.15) is 6.92 Å². The Morgan fingerprint density at radius 3 is 2.86 bits per heavy atom. The summed E-state index contributed by atoms with van der Waals surface area (Å²) in [6.07, 6.45) is 3.71. The van der Waals surface area contributed by atoms with E-state index < -0.39 is 0 Å². The second kappa shape index (κ2) is 5.00. The van der Waals surface area contributed by atoms with Crippen molar-refractivity contribution >= 4 is 21.6 Å². The number of nitrogen functional groups attached to an aromatic ring is 1. The summed E-state index contributed by atoms with van der Waals surface area (Å²) >= 11 is 3.18. The number of anilines is 1. The Balaban J connectivity index is 2.85. The van der Waals surface area contributed by atoms with Crippen molar-refractivity contribution in [2.75, 3.05) is 12.3 Å². The number of allylic oxidation sites excluding steroid dienone is 1. The lowest BCUT2D eigenvalue weighted by atomic mass is 10.3. The number of benzene rings is 1. The van der Waals surface area contributed by atoms with Crippen molar-refractivity contribution in [1.82, 2.24) is 0 Å². The molecular weight excluding hydrogens is 249 g/mol. The molecule has 0 aliphatic heterocycles. The van der Waals surface area contributed by atoms with Gasteiger partial charge in [-0.15, -0.1) is 0 Å². The van der Waals surface area contributed by atoms with E-state index in [1.54, 1.807) is 0 Å². The van der Waals surface area contributed by atoms with Gasteiger partial charge in [0.2, 0.25) is 0 Å². The highest BCUT2D eigenvalue weighted by Gasteiger charge is 2.07. The van der Waals surface area contributed by atoms with Crippen molar-refractivity contribution in [3.8, 4) is 5.75 Å². The minimum absolute atomic E-state index is 0.293. The first-order valence-corrected chi connectivity index (χ1v) is 4.93. The van der Waals surface area contributed by atoms with Gasteiger partial charge in [0, 0.05) is 6.07 Å². The second-order valence-electron chi connectivity index (χ2n) is 2.69. The predicted octanol–water partition coefficient (Wildman–Crippen LogP) is 3.13. The molecular formula is C10H11BrFNO. The number of nitrogens with two attached hydrogens (primary N) is 1. The molecule has 1 rings (SSSR count). The molecule has 0 aliphatic carbocycles. The number of halogens is 2. The zero-order valence-corrected chi connectivity index (χ0v) is 9.34. The van der Waals surface area contributed by atoms with Crippen LogP contribution in [0.2, 0.25) is 0 Å². The highest BCUT2D eigenvalue weighted by Crippen LogP contribution is 2.32. The summed E-state index contributed by atoms with van der Waals surface area (Å²) in [6.45, 7) is 2.32. The van der Waals surface area contributed by atoms with Gasteiger partial charge in [0.25, 0.3) is 0 Å². The van der Waals surface area contributed by atoms with Crippen molar-refractivity contribution in [3.05, 3.63) is 34.6 Å². The van der Waals surface area contributed by atoms with Crippen molar-refractivity contribution in [2.45, 2.75) is 6.92 Å². The molecule has 4 heteroatoms. The normalized spacial score (nSPS) is 10.8. The van der Waals surface area contributed by atoms with Crippen LogP contribution in [-0.2, 0) is 0 Å². The number of hydrogen-bond donors (Lipinski definition) is 1. The minimum atomic E-state index is -0.382. The highest BCUT2D eigenvalue weighted by atomic mass is 79.9. The highest BCUT2D eigenvalue weighted by molar-refractivity contribution is 9.10. The topological polar surface area (TPSA) is 35.2 Å². The largest absolute Gasteiger partial charge is 0.486 e. The molecule has 2 N–H and O–H groups in total. The summed E-state index contributed by atoms with van der Waals surface area (Å²) in [5.41, 5.74) is 5.88. The summed E-state index contributed by atoms with van der Waals surface area (Å²) in [5.74, 6) is 0.0947. The standard InChI is InChI=1S/C10H11BrFNO/c1-2-3-4-14-10-8(11)5-7(12)6-9(10)13/h2-3,5-6H,4,13H2,1H3/b3-2+. The van der Waals surface area contributed by atoms with E-state index >= 15 is 0 Å². The van der Waals surface area contributed by atoms with Gasteiger partial charge in [0.05, 0.1) is 10.2 Å². The third-order valence-electron chi connectivity index (χ3n) is 1.60. The molecule has 0 bridgehead atoms. The fourth-order valence-electron chi connectivity index (χ4n) is 0.960. The quantitative estimate of drug-likeness (QED) is 0.669. The maximum atomic E-state index is 12.8. The molecule has 0 saturated heterocycles. The van der Waals surface area contributed by atoms with E-state index in [0.29, 0.717) is 22.5 Å². The van der Waals surface area contributed by atoms with E-state index in [1.165, 1.54) is 12.1 Å². The first kappa shape index (κ1) is 11.0. The lowest BCUT2D eigenvalue weighted by molar-refractivity contribution is 0.361. The first-order chi connectivity index (χ1) is 6.65. The molecule has 0 aromatic heterocycles. The van der Waals surface area contributed by atoms with Crippen LogP contribution < -0.4 is 10.5 Å². The van der Waals surface area contributed by atoms with Crippen LogP contribution in [0.4, 0.5) is 10.1 Å². The molecule has 0 atom stereocenters. The maximum absolute atomic E-state index is 12.8. The molecule has 0 spiro atoms. The molecule has 2 nitrogen and oxygen atoms in total. The molecule has 1 aromatic carbocycles. The Bertz CT molecular complexity index is 329. The number of ether oxygens (including phenoxy) is 1. The molecule has 0 radical (unpaired) electrons. The van der Waals surface area contributed by atoms with Crippen molar-refractivity contribution in [3.63, 3.8) is 0 Å². The fourth-order valence-corrected chi connectivity index (χ4v) is 1.52. The average Bonchev–Trinajstić information content (AvgIpc) is 2.09. The van der Waals surface area contributed by atoms with Crippen molar-refractivity contribution < 1.29 is 9.13 Å². The Morgan fingerprint density at radius 2 is 2.29 bits per heavy atom. The summed E-state index contributed by atoms with van der Waals surface area (Å²) < 4.78 is 18.7. The minimum Gasteiger partial charge on any atom is -0.486 e. The summed E-state index contributed by atoms with van der Waals surface area (Å²) in [4.78, 5) is 0. The zero-order valence-electron chi connectivity index (χ0n) is 7.76. The molecule has 14 heavy (non-hydrogen) atoms. The van der Waals surface area contributed by atoms with E-state index in [4.69, 9.17) is 10.5 Å². The van der Waals surface area contributed by atoms with Crippen LogP contribution in [-0.4, -0.2) is 6.61 Å². The smallest absolute Gasteiger partial charge is 0.157 e. The summed E-state index contributed by atoms with van der Waals surface area (Å²) in [6, 6.07) is 2.55. The SMILES string of the molecule is C/C=C/COc1c(N)cc(F)cc1Br. The second-order valence-corrected chi connectivity index (χ2v) is 3.54. The molecule has 1 aromatic rings. The van der Waals surface area contributed by atoms with Gasteiger partial charge in [-0.05, 0) is 28.9 Å². The molecule has 0 unspecified atom stereocenters. The van der Waals surface area contributed by atoms with Crippen LogP contribution in [0.3, 0.4) is 0 Å².